The van der Waals surface area contributed by atoms with Crippen LogP contribution in [0.5, 0.6) is 11.5 Å². The van der Waals surface area contributed by atoms with E-state index in [4.69, 9.17) is 14.6 Å². The van der Waals surface area contributed by atoms with Crippen molar-refractivity contribution in [3.05, 3.63) is 65.4 Å². The lowest BCUT2D eigenvalue weighted by Crippen LogP contribution is -2.17. The minimum absolute atomic E-state index is 0.235. The molecule has 2 aromatic carbocycles. The molecular weight excluding hydrogens is 342 g/mol. The van der Waals surface area contributed by atoms with Gasteiger partial charge >= 0.3 is 0 Å². The number of fused-ring (bicyclic) bond motifs is 1. The number of benzene rings is 2. The van der Waals surface area contributed by atoms with Crippen LogP contribution in [0.3, 0.4) is 0 Å². The first-order valence-electron chi connectivity index (χ1n) is 8.91. The van der Waals surface area contributed by atoms with Gasteiger partial charge < -0.3 is 14.8 Å². The molecular formula is C21H21N3O3. The molecule has 1 aliphatic carbocycles. The summed E-state index contributed by atoms with van der Waals surface area (Å²) >= 11 is 0. The first-order valence-corrected chi connectivity index (χ1v) is 8.91. The number of hydrogen-bond donors (Lipinski definition) is 1. The molecule has 0 saturated heterocycles. The summed E-state index contributed by atoms with van der Waals surface area (Å²) < 4.78 is 12.4. The third-order valence-corrected chi connectivity index (χ3v) is 4.79. The molecule has 0 radical (unpaired) electrons. The Kier molecular flexibility index (Phi) is 4.54. The van der Waals surface area contributed by atoms with E-state index in [0.29, 0.717) is 17.1 Å². The Labute approximate surface area is 157 Å². The Hall–Kier alpha value is -3.28. The largest absolute Gasteiger partial charge is 0.497 e. The Balaban J connectivity index is 1.72. The lowest BCUT2D eigenvalue weighted by molar-refractivity contribution is 0.102. The van der Waals surface area contributed by atoms with Crippen LogP contribution in [-0.4, -0.2) is 29.9 Å². The second kappa shape index (κ2) is 7.15. The summed E-state index contributed by atoms with van der Waals surface area (Å²) in [6, 6.07) is 15.0. The standard InChI is InChI=1S/C21H21N3O3/c1-26-15-11-12-17(19(13-15)27-2)21(25)22-20-16-9-6-10-18(16)23-24(20)14-7-4-3-5-8-14/h3-5,7-8,11-13H,6,9-10H2,1-2H3,(H,22,25). The average molecular weight is 363 g/mol. The minimum atomic E-state index is -0.235. The van der Waals surface area contributed by atoms with Crippen LogP contribution < -0.4 is 14.8 Å². The summed E-state index contributed by atoms with van der Waals surface area (Å²) in [5.41, 5.74) is 3.53. The van der Waals surface area contributed by atoms with Crippen LogP contribution in [-0.2, 0) is 12.8 Å². The number of nitrogens with zero attached hydrogens (tertiary/aromatic N) is 2. The van der Waals surface area contributed by atoms with Gasteiger partial charge in [-0.2, -0.15) is 5.10 Å². The molecule has 4 rings (SSSR count). The number of aryl methyl sites for hydroxylation is 1. The van der Waals surface area contributed by atoms with E-state index in [1.807, 2.05) is 35.0 Å². The van der Waals surface area contributed by atoms with Crippen molar-refractivity contribution in [1.29, 1.82) is 0 Å². The van der Waals surface area contributed by atoms with Crippen molar-refractivity contribution in [2.75, 3.05) is 19.5 Å². The predicted molar refractivity (Wildman–Crippen MR) is 103 cm³/mol. The maximum Gasteiger partial charge on any atom is 0.260 e. The molecule has 0 bridgehead atoms. The molecule has 138 valence electrons. The highest BCUT2D eigenvalue weighted by Crippen LogP contribution is 2.32. The third-order valence-electron chi connectivity index (χ3n) is 4.79. The van der Waals surface area contributed by atoms with Crippen LogP contribution in [0.15, 0.2) is 48.5 Å². The van der Waals surface area contributed by atoms with Crippen LogP contribution in [0.1, 0.15) is 28.0 Å². The van der Waals surface area contributed by atoms with Gasteiger partial charge in [-0.1, -0.05) is 18.2 Å². The van der Waals surface area contributed by atoms with E-state index in [1.54, 1.807) is 25.3 Å². The highest BCUT2D eigenvalue weighted by molar-refractivity contribution is 6.06. The van der Waals surface area contributed by atoms with E-state index in [2.05, 4.69) is 5.32 Å². The fourth-order valence-electron chi connectivity index (χ4n) is 3.44. The molecule has 0 saturated carbocycles. The van der Waals surface area contributed by atoms with Crippen molar-refractivity contribution < 1.29 is 14.3 Å². The number of para-hydroxylation sites is 1. The van der Waals surface area contributed by atoms with Crippen molar-refractivity contribution in [1.82, 2.24) is 9.78 Å². The SMILES string of the molecule is COc1ccc(C(=O)Nc2c3c(nn2-c2ccccc2)CCC3)c(OC)c1. The summed E-state index contributed by atoms with van der Waals surface area (Å²) in [4.78, 5) is 13.0. The maximum absolute atomic E-state index is 13.0. The second-order valence-electron chi connectivity index (χ2n) is 6.40. The van der Waals surface area contributed by atoms with Gasteiger partial charge in [-0.3, -0.25) is 4.79 Å². The zero-order chi connectivity index (χ0) is 18.8. The smallest absolute Gasteiger partial charge is 0.260 e. The monoisotopic (exact) mass is 363 g/mol. The number of ether oxygens (including phenoxy) is 2. The van der Waals surface area contributed by atoms with Gasteiger partial charge in [0, 0.05) is 11.6 Å². The lowest BCUT2D eigenvalue weighted by atomic mass is 10.1. The van der Waals surface area contributed by atoms with Gasteiger partial charge in [-0.15, -0.1) is 0 Å². The fraction of sp³-hybridized carbons (Fsp3) is 0.238. The van der Waals surface area contributed by atoms with E-state index in [9.17, 15) is 4.79 Å². The molecule has 1 amide bonds. The van der Waals surface area contributed by atoms with Crippen LogP contribution in [0.4, 0.5) is 5.82 Å². The van der Waals surface area contributed by atoms with E-state index < -0.39 is 0 Å². The second-order valence-corrected chi connectivity index (χ2v) is 6.40. The number of aromatic nitrogens is 2. The Morgan fingerprint density at radius 3 is 2.63 bits per heavy atom. The Morgan fingerprint density at radius 2 is 1.89 bits per heavy atom. The average Bonchev–Trinajstić information content (AvgIpc) is 3.30. The summed E-state index contributed by atoms with van der Waals surface area (Å²) in [6.07, 6.45) is 2.91. The molecule has 1 heterocycles. The Bertz CT molecular complexity index is 980. The van der Waals surface area contributed by atoms with Gasteiger partial charge in [0.25, 0.3) is 5.91 Å². The van der Waals surface area contributed by atoms with Gasteiger partial charge in [0.2, 0.25) is 0 Å². The number of carbonyl (C=O) groups excluding carboxylic acids is 1. The summed E-state index contributed by atoms with van der Waals surface area (Å²) in [7, 11) is 3.12. The maximum atomic E-state index is 13.0. The molecule has 3 aromatic rings. The number of hydrogen-bond acceptors (Lipinski definition) is 4. The number of rotatable bonds is 5. The highest BCUT2D eigenvalue weighted by Gasteiger charge is 2.25. The predicted octanol–water partition coefficient (Wildman–Crippen LogP) is 3.63. The van der Waals surface area contributed by atoms with Gasteiger partial charge in [0.1, 0.15) is 17.3 Å². The van der Waals surface area contributed by atoms with Gasteiger partial charge in [-0.05, 0) is 43.5 Å². The van der Waals surface area contributed by atoms with Crippen LogP contribution in [0.2, 0.25) is 0 Å². The number of carbonyl (C=O) groups is 1. The quantitative estimate of drug-likeness (QED) is 0.752. The van der Waals surface area contributed by atoms with Crippen molar-refractivity contribution in [2.24, 2.45) is 0 Å². The van der Waals surface area contributed by atoms with Crippen molar-refractivity contribution >= 4 is 11.7 Å². The number of nitrogens with one attached hydrogen (secondary N) is 1. The third kappa shape index (κ3) is 3.14. The zero-order valence-electron chi connectivity index (χ0n) is 15.4. The van der Waals surface area contributed by atoms with E-state index in [-0.39, 0.29) is 5.91 Å². The Morgan fingerprint density at radius 1 is 1.07 bits per heavy atom. The normalized spacial score (nSPS) is 12.5. The van der Waals surface area contributed by atoms with E-state index in [0.717, 1.165) is 42.0 Å². The van der Waals surface area contributed by atoms with E-state index >= 15 is 0 Å². The molecule has 0 unspecified atom stereocenters. The number of methoxy groups -OCH3 is 2. The van der Waals surface area contributed by atoms with Crippen LogP contribution >= 0.6 is 0 Å². The molecule has 6 nitrogen and oxygen atoms in total. The van der Waals surface area contributed by atoms with Crippen molar-refractivity contribution in [3.63, 3.8) is 0 Å². The van der Waals surface area contributed by atoms with Crippen LogP contribution in [0.25, 0.3) is 5.69 Å². The summed E-state index contributed by atoms with van der Waals surface area (Å²) in [6.45, 7) is 0. The number of amides is 1. The topological polar surface area (TPSA) is 65.4 Å². The fourth-order valence-corrected chi connectivity index (χ4v) is 3.44. The summed E-state index contributed by atoms with van der Waals surface area (Å²) in [5, 5.41) is 7.79. The van der Waals surface area contributed by atoms with Crippen molar-refractivity contribution in [2.45, 2.75) is 19.3 Å². The molecule has 0 aliphatic heterocycles. The lowest BCUT2D eigenvalue weighted by Gasteiger charge is -2.13. The van der Waals surface area contributed by atoms with Crippen molar-refractivity contribution in [3.8, 4) is 17.2 Å². The molecule has 0 atom stereocenters. The minimum Gasteiger partial charge on any atom is -0.497 e. The van der Waals surface area contributed by atoms with Gasteiger partial charge in [0.15, 0.2) is 0 Å². The molecule has 0 fully saturated rings. The molecule has 1 N–H and O–H groups in total. The molecule has 0 spiro atoms. The first kappa shape index (κ1) is 17.1. The number of anilines is 1. The molecule has 1 aliphatic rings. The van der Waals surface area contributed by atoms with Gasteiger partial charge in [-0.25, -0.2) is 4.68 Å². The van der Waals surface area contributed by atoms with Crippen LogP contribution in [0, 0.1) is 0 Å². The van der Waals surface area contributed by atoms with E-state index in [1.165, 1.54) is 7.11 Å². The molecule has 27 heavy (non-hydrogen) atoms. The molecule has 6 heteroatoms. The highest BCUT2D eigenvalue weighted by atomic mass is 16.5. The first-order chi connectivity index (χ1) is 13.2. The molecule has 1 aromatic heterocycles. The zero-order valence-corrected chi connectivity index (χ0v) is 15.4. The summed E-state index contributed by atoms with van der Waals surface area (Å²) in [5.74, 6) is 1.60. The van der Waals surface area contributed by atoms with Gasteiger partial charge in [0.05, 0.1) is 31.2 Å².